The Kier molecular flexibility index (Phi) is 4.33. The first-order valence-corrected chi connectivity index (χ1v) is 5.87. The summed E-state index contributed by atoms with van der Waals surface area (Å²) in [6.45, 7) is 9.44. The molecule has 1 aliphatic heterocycles. The van der Waals surface area contributed by atoms with Gasteiger partial charge in [-0.3, -0.25) is 4.79 Å². The molecule has 0 spiro atoms. The average Bonchev–Trinajstić information content (AvgIpc) is 2.49. The Morgan fingerprint density at radius 3 is 2.69 bits per heavy atom. The molecular weight excluding hydrogens is 206 g/mol. The van der Waals surface area contributed by atoms with E-state index in [1.165, 1.54) is 0 Å². The molecule has 0 radical (unpaired) electrons. The van der Waals surface area contributed by atoms with Crippen LogP contribution in [0.25, 0.3) is 0 Å². The molecule has 1 fully saturated rings. The molecule has 1 heterocycles. The van der Waals surface area contributed by atoms with Crippen LogP contribution in [0.5, 0.6) is 0 Å². The molecule has 1 rings (SSSR count). The summed E-state index contributed by atoms with van der Waals surface area (Å²) in [5.41, 5.74) is -0.519. The summed E-state index contributed by atoms with van der Waals surface area (Å²) in [6.07, 6.45) is 2.15. The van der Waals surface area contributed by atoms with Crippen LogP contribution in [-0.2, 0) is 14.3 Å². The lowest BCUT2D eigenvalue weighted by Crippen LogP contribution is -2.40. The lowest BCUT2D eigenvalue weighted by molar-refractivity contribution is -0.153. The molecule has 4 nitrogen and oxygen atoms in total. The molecule has 0 amide bonds. The molecule has 4 heteroatoms. The van der Waals surface area contributed by atoms with Crippen molar-refractivity contribution in [3.8, 4) is 0 Å². The lowest BCUT2D eigenvalue weighted by Gasteiger charge is -2.24. The lowest BCUT2D eigenvalue weighted by atomic mass is 10.0. The Morgan fingerprint density at radius 2 is 2.19 bits per heavy atom. The first-order chi connectivity index (χ1) is 7.31. The standard InChI is InChI=1S/C12H23NO3/c1-11(2,3)16-10(14)8-13-9-12(4)6-5-7-15-12/h13H,5-9H2,1-4H3. The minimum atomic E-state index is -0.410. The number of carbonyl (C=O) groups excluding carboxylic acids is 1. The van der Waals surface area contributed by atoms with Crippen LogP contribution in [0.3, 0.4) is 0 Å². The number of carbonyl (C=O) groups is 1. The summed E-state index contributed by atoms with van der Waals surface area (Å²) in [5, 5.41) is 3.09. The van der Waals surface area contributed by atoms with Gasteiger partial charge in [0.1, 0.15) is 5.60 Å². The molecule has 1 unspecified atom stereocenters. The fraction of sp³-hybridized carbons (Fsp3) is 0.917. The quantitative estimate of drug-likeness (QED) is 0.742. The van der Waals surface area contributed by atoms with E-state index in [1.807, 2.05) is 20.8 Å². The highest BCUT2D eigenvalue weighted by atomic mass is 16.6. The number of rotatable bonds is 4. The van der Waals surface area contributed by atoms with Crippen LogP contribution in [-0.4, -0.2) is 36.9 Å². The van der Waals surface area contributed by atoms with Gasteiger partial charge in [-0.2, -0.15) is 0 Å². The van der Waals surface area contributed by atoms with E-state index >= 15 is 0 Å². The Balaban J connectivity index is 2.18. The third-order valence-corrected chi connectivity index (χ3v) is 2.49. The fourth-order valence-electron chi connectivity index (χ4n) is 1.78. The normalized spacial score (nSPS) is 25.8. The van der Waals surface area contributed by atoms with Gasteiger partial charge in [0, 0.05) is 13.2 Å². The van der Waals surface area contributed by atoms with Gasteiger partial charge in [-0.05, 0) is 40.5 Å². The molecule has 1 aliphatic rings. The molecule has 0 bridgehead atoms. The molecule has 1 atom stereocenters. The second-order valence-electron chi connectivity index (χ2n) is 5.59. The van der Waals surface area contributed by atoms with Crippen LogP contribution >= 0.6 is 0 Å². The van der Waals surface area contributed by atoms with E-state index < -0.39 is 5.60 Å². The van der Waals surface area contributed by atoms with Crippen LogP contribution in [0.2, 0.25) is 0 Å². The zero-order valence-electron chi connectivity index (χ0n) is 10.8. The summed E-state index contributed by atoms with van der Waals surface area (Å²) in [5.74, 6) is -0.214. The van der Waals surface area contributed by atoms with Gasteiger partial charge in [0.25, 0.3) is 0 Å². The largest absolute Gasteiger partial charge is 0.459 e. The van der Waals surface area contributed by atoms with Crippen molar-refractivity contribution in [2.75, 3.05) is 19.7 Å². The highest BCUT2D eigenvalue weighted by Crippen LogP contribution is 2.23. The summed E-state index contributed by atoms with van der Waals surface area (Å²) in [4.78, 5) is 11.4. The van der Waals surface area contributed by atoms with E-state index in [0.717, 1.165) is 19.4 Å². The highest BCUT2D eigenvalue weighted by Gasteiger charge is 2.29. The Bertz CT molecular complexity index is 239. The van der Waals surface area contributed by atoms with Crippen molar-refractivity contribution in [1.29, 1.82) is 0 Å². The number of hydrogen-bond acceptors (Lipinski definition) is 4. The monoisotopic (exact) mass is 229 g/mol. The van der Waals surface area contributed by atoms with Gasteiger partial charge in [0.2, 0.25) is 0 Å². The second kappa shape index (κ2) is 5.15. The first-order valence-electron chi connectivity index (χ1n) is 5.87. The van der Waals surface area contributed by atoms with Crippen LogP contribution < -0.4 is 5.32 Å². The molecule has 1 N–H and O–H groups in total. The zero-order chi connectivity index (χ0) is 12.2. The van der Waals surface area contributed by atoms with E-state index in [0.29, 0.717) is 6.54 Å². The van der Waals surface area contributed by atoms with Gasteiger partial charge in [0.05, 0.1) is 12.1 Å². The Hall–Kier alpha value is -0.610. The third kappa shape index (κ3) is 4.94. The van der Waals surface area contributed by atoms with E-state index in [2.05, 4.69) is 12.2 Å². The molecule has 1 saturated heterocycles. The molecule has 0 aliphatic carbocycles. The van der Waals surface area contributed by atoms with Crippen LogP contribution in [0.1, 0.15) is 40.5 Å². The minimum Gasteiger partial charge on any atom is -0.459 e. The molecular formula is C12H23NO3. The zero-order valence-corrected chi connectivity index (χ0v) is 10.8. The van der Waals surface area contributed by atoms with Crippen molar-refractivity contribution in [3.63, 3.8) is 0 Å². The van der Waals surface area contributed by atoms with Gasteiger partial charge in [-0.15, -0.1) is 0 Å². The molecule has 94 valence electrons. The second-order valence-corrected chi connectivity index (χ2v) is 5.59. The smallest absolute Gasteiger partial charge is 0.320 e. The number of nitrogens with one attached hydrogen (secondary N) is 1. The van der Waals surface area contributed by atoms with Crippen molar-refractivity contribution in [3.05, 3.63) is 0 Å². The maximum Gasteiger partial charge on any atom is 0.320 e. The van der Waals surface area contributed by atoms with Crippen molar-refractivity contribution < 1.29 is 14.3 Å². The summed E-state index contributed by atoms with van der Waals surface area (Å²) in [6, 6.07) is 0. The van der Waals surface area contributed by atoms with Crippen LogP contribution in [0.15, 0.2) is 0 Å². The predicted molar refractivity (Wildman–Crippen MR) is 62.3 cm³/mol. The fourth-order valence-corrected chi connectivity index (χ4v) is 1.78. The van der Waals surface area contributed by atoms with Crippen molar-refractivity contribution in [2.45, 2.75) is 51.7 Å². The number of hydrogen-bond donors (Lipinski definition) is 1. The van der Waals surface area contributed by atoms with Crippen molar-refractivity contribution in [1.82, 2.24) is 5.32 Å². The summed E-state index contributed by atoms with van der Waals surface area (Å²) < 4.78 is 10.8. The molecule has 0 aromatic carbocycles. The molecule has 0 saturated carbocycles. The van der Waals surface area contributed by atoms with Gasteiger partial charge < -0.3 is 14.8 Å². The number of esters is 1. The molecule has 16 heavy (non-hydrogen) atoms. The Labute approximate surface area is 97.7 Å². The van der Waals surface area contributed by atoms with Crippen LogP contribution in [0, 0.1) is 0 Å². The topological polar surface area (TPSA) is 47.6 Å². The van der Waals surface area contributed by atoms with Gasteiger partial charge in [0.15, 0.2) is 0 Å². The molecule has 0 aromatic rings. The van der Waals surface area contributed by atoms with Crippen molar-refractivity contribution in [2.24, 2.45) is 0 Å². The summed E-state index contributed by atoms with van der Waals surface area (Å²) in [7, 11) is 0. The highest BCUT2D eigenvalue weighted by molar-refractivity contribution is 5.72. The van der Waals surface area contributed by atoms with Gasteiger partial charge >= 0.3 is 5.97 Å². The van der Waals surface area contributed by atoms with E-state index in [9.17, 15) is 4.79 Å². The minimum absolute atomic E-state index is 0.109. The maximum atomic E-state index is 11.4. The van der Waals surface area contributed by atoms with E-state index in [4.69, 9.17) is 9.47 Å². The maximum absolute atomic E-state index is 11.4. The average molecular weight is 229 g/mol. The third-order valence-electron chi connectivity index (χ3n) is 2.49. The van der Waals surface area contributed by atoms with Crippen LogP contribution in [0.4, 0.5) is 0 Å². The van der Waals surface area contributed by atoms with E-state index in [1.54, 1.807) is 0 Å². The SMILES string of the molecule is CC(C)(C)OC(=O)CNCC1(C)CCCO1. The predicted octanol–water partition coefficient (Wildman–Crippen LogP) is 1.49. The van der Waals surface area contributed by atoms with E-state index in [-0.39, 0.29) is 18.1 Å². The first kappa shape index (κ1) is 13.5. The van der Waals surface area contributed by atoms with Gasteiger partial charge in [-0.1, -0.05) is 0 Å². The van der Waals surface area contributed by atoms with Crippen molar-refractivity contribution >= 4 is 5.97 Å². The molecule has 0 aromatic heterocycles. The Morgan fingerprint density at radius 1 is 1.50 bits per heavy atom. The van der Waals surface area contributed by atoms with Gasteiger partial charge in [-0.25, -0.2) is 0 Å². The summed E-state index contributed by atoms with van der Waals surface area (Å²) >= 11 is 0. The number of ether oxygens (including phenoxy) is 2.